The molecule has 4 rings (SSSR count). The zero-order valence-corrected chi connectivity index (χ0v) is 23.7. The molecule has 0 amide bonds. The highest BCUT2D eigenvalue weighted by Crippen LogP contribution is 2.38. The van der Waals surface area contributed by atoms with Crippen molar-refractivity contribution in [1.29, 1.82) is 0 Å². The fourth-order valence-corrected chi connectivity index (χ4v) is 6.26. The van der Waals surface area contributed by atoms with Gasteiger partial charge < -0.3 is 9.72 Å². The van der Waals surface area contributed by atoms with Crippen LogP contribution in [-0.2, 0) is 11.2 Å². The number of carbonyl (C=O) groups is 1. The Morgan fingerprint density at radius 2 is 2.00 bits per heavy atom. The third-order valence-corrected chi connectivity index (χ3v) is 8.95. The second-order valence-corrected chi connectivity index (χ2v) is 11.6. The van der Waals surface area contributed by atoms with E-state index in [4.69, 9.17) is 4.74 Å². The van der Waals surface area contributed by atoms with Crippen molar-refractivity contribution < 1.29 is 9.53 Å². The van der Waals surface area contributed by atoms with E-state index in [0.717, 1.165) is 46.1 Å². The van der Waals surface area contributed by atoms with Crippen molar-refractivity contribution in [2.24, 2.45) is 23.7 Å². The lowest BCUT2D eigenvalue weighted by atomic mass is 9.72. The van der Waals surface area contributed by atoms with Crippen molar-refractivity contribution >= 4 is 29.2 Å². The number of aromatic amines is 1. The van der Waals surface area contributed by atoms with Gasteiger partial charge in [-0.1, -0.05) is 88.9 Å². The molecule has 0 aliphatic heterocycles. The molecule has 0 bridgehead atoms. The van der Waals surface area contributed by atoms with Gasteiger partial charge >= 0.3 is 0 Å². The van der Waals surface area contributed by atoms with Crippen LogP contribution in [0.2, 0.25) is 0 Å². The fraction of sp³-hybridized carbons (Fsp3) is 0.529. The minimum Gasteiger partial charge on any atom is -0.480 e. The second-order valence-electron chi connectivity index (χ2n) is 11.6. The van der Waals surface area contributed by atoms with Crippen LogP contribution in [-0.4, -0.2) is 22.9 Å². The first-order valence-electron chi connectivity index (χ1n) is 14.7. The predicted molar refractivity (Wildman–Crippen MR) is 159 cm³/mol. The maximum Gasteiger partial charge on any atom is 0.223 e. The normalized spacial score (nSPS) is 19.3. The Balaban J connectivity index is 1.37. The number of hydrogen-bond acceptors (Lipinski definition) is 3. The van der Waals surface area contributed by atoms with E-state index >= 15 is 0 Å². The van der Waals surface area contributed by atoms with Crippen LogP contribution in [0.15, 0.2) is 42.6 Å². The van der Waals surface area contributed by atoms with Crippen LogP contribution in [0.3, 0.4) is 0 Å². The Bertz CT molecular complexity index is 1280. The average molecular weight is 515 g/mol. The molecule has 4 atom stereocenters. The number of aromatic nitrogens is 2. The summed E-state index contributed by atoms with van der Waals surface area (Å²) >= 11 is 0. The maximum atomic E-state index is 13.0. The Kier molecular flexibility index (Phi) is 10.2. The van der Waals surface area contributed by atoms with Crippen LogP contribution >= 0.6 is 0 Å². The van der Waals surface area contributed by atoms with E-state index in [2.05, 4.69) is 60.7 Å². The minimum atomic E-state index is 0.301. The van der Waals surface area contributed by atoms with E-state index in [-0.39, 0.29) is 0 Å². The molecule has 0 saturated heterocycles. The van der Waals surface area contributed by atoms with Crippen LogP contribution in [0, 0.1) is 23.7 Å². The van der Waals surface area contributed by atoms with E-state index in [1.165, 1.54) is 50.5 Å². The molecule has 1 N–H and O–H groups in total. The van der Waals surface area contributed by atoms with Gasteiger partial charge in [-0.25, -0.2) is 4.98 Å². The molecule has 1 fully saturated rings. The Morgan fingerprint density at radius 1 is 1.18 bits per heavy atom. The van der Waals surface area contributed by atoms with Crippen LogP contribution in [0.5, 0.6) is 5.88 Å². The van der Waals surface area contributed by atoms with Gasteiger partial charge in [0.05, 0.1) is 12.5 Å². The Labute approximate surface area is 228 Å². The summed E-state index contributed by atoms with van der Waals surface area (Å²) in [7, 11) is 1.62. The molecule has 204 valence electrons. The predicted octanol–water partition coefficient (Wildman–Crippen LogP) is 6.99. The zero-order valence-electron chi connectivity index (χ0n) is 23.7. The minimum absolute atomic E-state index is 0.301. The molecule has 0 spiro atoms. The summed E-state index contributed by atoms with van der Waals surface area (Å²) < 4.78 is 5.47. The molecule has 3 aromatic rings. The topological polar surface area (TPSA) is 55.0 Å². The fourth-order valence-electron chi connectivity index (χ4n) is 6.26. The van der Waals surface area contributed by atoms with Crippen LogP contribution in [0.1, 0.15) is 83.6 Å². The highest BCUT2D eigenvalue weighted by molar-refractivity contribution is 5.89. The summed E-state index contributed by atoms with van der Waals surface area (Å²) in [5.74, 6) is 3.99. The van der Waals surface area contributed by atoms with E-state index in [0.29, 0.717) is 36.3 Å². The molecular weight excluding hydrogens is 468 g/mol. The summed E-state index contributed by atoms with van der Waals surface area (Å²) in [5.41, 5.74) is 1.43. The molecule has 1 aliphatic rings. The van der Waals surface area contributed by atoms with E-state index < -0.39 is 0 Å². The van der Waals surface area contributed by atoms with Crippen molar-refractivity contribution in [1.82, 2.24) is 9.97 Å². The van der Waals surface area contributed by atoms with Crippen molar-refractivity contribution in [3.63, 3.8) is 0 Å². The SMILES string of the molecule is C=c1[nH]/c(=C\CC(=O)CCC(CCCC2CCC2C)CC(CC)Cc2ccccc2)c2c(OC)nccc12. The number of nitrogens with zero attached hydrogens (tertiary/aromatic N) is 1. The highest BCUT2D eigenvalue weighted by Gasteiger charge is 2.26. The summed E-state index contributed by atoms with van der Waals surface area (Å²) in [6, 6.07) is 12.8. The van der Waals surface area contributed by atoms with Crippen molar-refractivity contribution in [2.75, 3.05) is 7.11 Å². The Hall–Kier alpha value is -2.88. The van der Waals surface area contributed by atoms with Gasteiger partial charge in [0, 0.05) is 35.1 Å². The molecule has 2 aromatic heterocycles. The number of nitrogens with one attached hydrogen (secondary N) is 1. The summed E-state index contributed by atoms with van der Waals surface area (Å²) in [6.45, 7) is 8.84. The molecule has 1 aromatic carbocycles. The van der Waals surface area contributed by atoms with E-state index in [1.54, 1.807) is 13.3 Å². The number of hydrogen-bond donors (Lipinski definition) is 1. The molecule has 1 aliphatic carbocycles. The number of fused-ring (bicyclic) bond motifs is 1. The number of ether oxygens (including phenoxy) is 1. The zero-order chi connectivity index (χ0) is 26.9. The van der Waals surface area contributed by atoms with Gasteiger partial charge in [-0.05, 0) is 61.0 Å². The first-order valence-corrected chi connectivity index (χ1v) is 14.7. The first kappa shape index (κ1) is 28.1. The molecule has 2 heterocycles. The molecule has 4 unspecified atom stereocenters. The van der Waals surface area contributed by atoms with Gasteiger partial charge in [-0.15, -0.1) is 0 Å². The number of benzene rings is 1. The summed E-state index contributed by atoms with van der Waals surface area (Å²) in [5, 5.41) is 3.59. The molecule has 0 radical (unpaired) electrons. The third-order valence-electron chi connectivity index (χ3n) is 8.95. The molecule has 4 heteroatoms. The number of pyridine rings is 1. The van der Waals surface area contributed by atoms with Gasteiger partial charge in [0.2, 0.25) is 5.88 Å². The lowest BCUT2D eigenvalue weighted by Crippen LogP contribution is -2.23. The summed E-state index contributed by atoms with van der Waals surface area (Å²) in [6.07, 6.45) is 16.0. The number of methoxy groups -OCH3 is 1. The first-order chi connectivity index (χ1) is 18.5. The third kappa shape index (κ3) is 7.36. The largest absolute Gasteiger partial charge is 0.480 e. The van der Waals surface area contributed by atoms with E-state index in [9.17, 15) is 4.79 Å². The Morgan fingerprint density at radius 3 is 2.68 bits per heavy atom. The number of carbonyl (C=O) groups excluding carboxylic acids is 1. The van der Waals surface area contributed by atoms with Crippen molar-refractivity contribution in [2.45, 2.75) is 84.5 Å². The number of ketones is 1. The van der Waals surface area contributed by atoms with Gasteiger partial charge in [0.25, 0.3) is 0 Å². The number of rotatable bonds is 15. The highest BCUT2D eigenvalue weighted by atomic mass is 16.5. The van der Waals surface area contributed by atoms with Crippen molar-refractivity contribution in [3.05, 3.63) is 58.9 Å². The summed E-state index contributed by atoms with van der Waals surface area (Å²) in [4.78, 5) is 20.7. The molecule has 1 saturated carbocycles. The van der Waals surface area contributed by atoms with E-state index in [1.807, 2.05) is 12.1 Å². The molecular formula is C34H46N2O2. The van der Waals surface area contributed by atoms with Gasteiger partial charge in [-0.3, -0.25) is 4.79 Å². The standard InChI is InChI=1S/C34H46N2O2/c1-5-26(22-27-10-7-6-8-11-27)23-28(12-9-13-29-16-14-24(29)2)15-17-30(37)18-19-32-33-31(25(3)36-32)20-21-35-34(33)38-4/h6-8,10-11,19-21,24,26,28-29,36H,3,5,9,12-18,22-23H2,1-2,4H3/b32-19-. The van der Waals surface area contributed by atoms with Gasteiger partial charge in [-0.2, -0.15) is 0 Å². The van der Waals surface area contributed by atoms with Crippen LogP contribution in [0.25, 0.3) is 23.4 Å². The number of Topliss-reactive ketones (excluding diaryl/α,β-unsaturated/α-hetero) is 1. The van der Waals surface area contributed by atoms with Crippen LogP contribution < -0.4 is 15.4 Å². The smallest absolute Gasteiger partial charge is 0.223 e. The maximum absolute atomic E-state index is 13.0. The molecule has 4 nitrogen and oxygen atoms in total. The van der Waals surface area contributed by atoms with Gasteiger partial charge in [0.1, 0.15) is 5.78 Å². The quantitative estimate of drug-likeness (QED) is 0.238. The van der Waals surface area contributed by atoms with Crippen LogP contribution in [0.4, 0.5) is 0 Å². The number of H-pyrrole nitrogens is 1. The lowest BCUT2D eigenvalue weighted by molar-refractivity contribution is -0.118. The van der Waals surface area contributed by atoms with Gasteiger partial charge in [0.15, 0.2) is 0 Å². The molecule has 38 heavy (non-hydrogen) atoms. The monoisotopic (exact) mass is 514 g/mol. The van der Waals surface area contributed by atoms with Crippen molar-refractivity contribution in [3.8, 4) is 5.88 Å². The lowest BCUT2D eigenvalue weighted by Gasteiger charge is -2.34. The second kappa shape index (κ2) is 13.8. The average Bonchev–Trinajstić information content (AvgIpc) is 3.27.